The predicted molar refractivity (Wildman–Crippen MR) is 71.2 cm³/mol. The molecule has 4 nitrogen and oxygen atoms in total. The second-order valence-electron chi connectivity index (χ2n) is 4.45. The lowest BCUT2D eigenvalue weighted by atomic mass is 10.2. The normalized spacial score (nSPS) is 20.1. The average Bonchev–Trinajstić information content (AvgIpc) is 2.83. The second-order valence-corrected chi connectivity index (χ2v) is 5.76. The lowest BCUT2D eigenvalue weighted by molar-refractivity contribution is 0.0698. The Labute approximate surface area is 109 Å². The van der Waals surface area contributed by atoms with Crippen LogP contribution in [0, 0.1) is 0 Å². The first-order valence-corrected chi connectivity index (χ1v) is 7.13. The number of rotatable bonds is 2. The molecule has 0 bridgehead atoms. The van der Waals surface area contributed by atoms with Crippen LogP contribution >= 0.6 is 11.8 Å². The zero-order valence-electron chi connectivity index (χ0n) is 9.87. The van der Waals surface area contributed by atoms with Gasteiger partial charge in [0.05, 0.1) is 22.5 Å². The summed E-state index contributed by atoms with van der Waals surface area (Å²) in [6.45, 7) is 0. The molecule has 2 aromatic rings. The number of aromatic nitrogens is 2. The number of nitrogens with zero attached hydrogens (tertiary/aromatic N) is 2. The summed E-state index contributed by atoms with van der Waals surface area (Å²) >= 11 is 1.92. The molecule has 18 heavy (non-hydrogen) atoms. The molecule has 0 amide bonds. The number of hydrogen-bond donors (Lipinski definition) is 1. The van der Waals surface area contributed by atoms with E-state index in [1.54, 1.807) is 18.3 Å². The van der Waals surface area contributed by atoms with Gasteiger partial charge in [0.2, 0.25) is 0 Å². The third-order valence-corrected chi connectivity index (χ3v) is 4.67. The molecule has 0 radical (unpaired) electrons. The summed E-state index contributed by atoms with van der Waals surface area (Å²) in [5.74, 6) is 1.25. The van der Waals surface area contributed by atoms with Gasteiger partial charge in [-0.25, -0.2) is 9.78 Å². The van der Waals surface area contributed by atoms with E-state index in [1.165, 1.54) is 12.8 Å². The zero-order chi connectivity index (χ0) is 12.5. The number of fused-ring (bicyclic) bond motifs is 1. The van der Waals surface area contributed by atoms with Crippen LogP contribution in [0.5, 0.6) is 0 Å². The Hall–Kier alpha value is -1.49. The van der Waals surface area contributed by atoms with Crippen LogP contribution in [-0.2, 0) is 0 Å². The van der Waals surface area contributed by atoms with E-state index in [2.05, 4.69) is 4.98 Å². The van der Waals surface area contributed by atoms with Crippen molar-refractivity contribution < 1.29 is 9.90 Å². The fraction of sp³-hybridized carbons (Fsp3) is 0.385. The highest BCUT2D eigenvalue weighted by Gasteiger charge is 2.21. The van der Waals surface area contributed by atoms with Crippen molar-refractivity contribution in [1.82, 2.24) is 9.38 Å². The van der Waals surface area contributed by atoms with Crippen LogP contribution in [-0.4, -0.2) is 26.2 Å². The van der Waals surface area contributed by atoms with Crippen molar-refractivity contribution in [2.45, 2.75) is 24.5 Å². The first kappa shape index (κ1) is 11.6. The molecule has 1 unspecified atom stereocenters. The van der Waals surface area contributed by atoms with Gasteiger partial charge in [-0.1, -0.05) is 6.42 Å². The Bertz CT molecular complexity index is 588. The van der Waals surface area contributed by atoms with E-state index in [0.29, 0.717) is 16.3 Å². The highest BCUT2D eigenvalue weighted by molar-refractivity contribution is 7.99. The average molecular weight is 262 g/mol. The molecule has 0 spiro atoms. The standard InChI is InChI=1S/C13H14N2O2S/c16-13(17)9-4-3-6-15-10(9)8-14-12(15)11-5-1-2-7-18-11/h3-4,6,8,11H,1-2,5,7H2,(H,16,17). The number of carboxylic acids is 1. The molecule has 3 heterocycles. The number of carbonyl (C=O) groups is 1. The molecular formula is C13H14N2O2S. The van der Waals surface area contributed by atoms with Gasteiger partial charge in [-0.2, -0.15) is 11.8 Å². The van der Waals surface area contributed by atoms with E-state index in [-0.39, 0.29) is 0 Å². The minimum absolute atomic E-state index is 0.317. The molecule has 1 aliphatic rings. The summed E-state index contributed by atoms with van der Waals surface area (Å²) in [5.41, 5.74) is 1.00. The van der Waals surface area contributed by atoms with Crippen LogP contribution in [0.1, 0.15) is 40.7 Å². The summed E-state index contributed by atoms with van der Waals surface area (Å²) in [6.07, 6.45) is 7.20. The minimum Gasteiger partial charge on any atom is -0.478 e. The molecule has 3 rings (SSSR count). The van der Waals surface area contributed by atoms with Gasteiger partial charge in [-0.3, -0.25) is 0 Å². The summed E-state index contributed by atoms with van der Waals surface area (Å²) in [4.78, 5) is 15.6. The van der Waals surface area contributed by atoms with E-state index in [0.717, 1.165) is 18.0 Å². The van der Waals surface area contributed by atoms with Gasteiger partial charge in [-0.05, 0) is 30.7 Å². The third kappa shape index (κ3) is 1.88. The van der Waals surface area contributed by atoms with E-state index in [1.807, 2.05) is 22.4 Å². The summed E-state index contributed by atoms with van der Waals surface area (Å²) in [6, 6.07) is 3.40. The smallest absolute Gasteiger partial charge is 0.337 e. The maximum absolute atomic E-state index is 11.2. The molecular weight excluding hydrogens is 248 g/mol. The lowest BCUT2D eigenvalue weighted by Crippen LogP contribution is -2.07. The molecule has 0 aromatic carbocycles. The maximum Gasteiger partial charge on any atom is 0.337 e. The van der Waals surface area contributed by atoms with Gasteiger partial charge in [0.25, 0.3) is 0 Å². The molecule has 1 atom stereocenters. The number of imidazole rings is 1. The first-order valence-electron chi connectivity index (χ1n) is 6.08. The van der Waals surface area contributed by atoms with Crippen molar-refractivity contribution in [3.05, 3.63) is 35.9 Å². The van der Waals surface area contributed by atoms with Crippen LogP contribution in [0.3, 0.4) is 0 Å². The summed E-state index contributed by atoms with van der Waals surface area (Å²) in [5, 5.41) is 9.55. The topological polar surface area (TPSA) is 54.6 Å². The molecule has 2 aromatic heterocycles. The Balaban J connectivity index is 2.08. The monoisotopic (exact) mass is 262 g/mol. The second kappa shape index (κ2) is 4.65. The number of aromatic carboxylic acids is 1. The van der Waals surface area contributed by atoms with Crippen LogP contribution in [0.2, 0.25) is 0 Å². The molecule has 0 aliphatic carbocycles. The summed E-state index contributed by atoms with van der Waals surface area (Å²) < 4.78 is 1.92. The minimum atomic E-state index is -0.900. The molecule has 1 aliphatic heterocycles. The Morgan fingerprint density at radius 1 is 1.50 bits per heavy atom. The van der Waals surface area contributed by atoms with Gasteiger partial charge in [0.15, 0.2) is 0 Å². The maximum atomic E-state index is 11.2. The van der Waals surface area contributed by atoms with E-state index >= 15 is 0 Å². The largest absolute Gasteiger partial charge is 0.478 e. The van der Waals surface area contributed by atoms with E-state index < -0.39 is 5.97 Å². The number of thioether (sulfide) groups is 1. The molecule has 0 saturated carbocycles. The highest BCUT2D eigenvalue weighted by atomic mass is 32.2. The Kier molecular flexibility index (Phi) is 2.99. The highest BCUT2D eigenvalue weighted by Crippen LogP contribution is 2.37. The molecule has 5 heteroatoms. The van der Waals surface area contributed by atoms with Crippen molar-refractivity contribution in [3.8, 4) is 0 Å². The van der Waals surface area contributed by atoms with E-state index in [4.69, 9.17) is 5.11 Å². The molecule has 94 valence electrons. The van der Waals surface area contributed by atoms with Crippen LogP contribution in [0.4, 0.5) is 0 Å². The van der Waals surface area contributed by atoms with Crippen LogP contribution < -0.4 is 0 Å². The fourth-order valence-corrected chi connectivity index (χ4v) is 3.72. The first-order chi connectivity index (χ1) is 8.77. The van der Waals surface area contributed by atoms with Gasteiger partial charge in [0, 0.05) is 6.20 Å². The fourth-order valence-electron chi connectivity index (χ4n) is 2.41. The van der Waals surface area contributed by atoms with E-state index in [9.17, 15) is 4.79 Å². The van der Waals surface area contributed by atoms with Gasteiger partial charge in [0.1, 0.15) is 5.82 Å². The predicted octanol–water partition coefficient (Wildman–Crippen LogP) is 2.99. The van der Waals surface area contributed by atoms with Gasteiger partial charge >= 0.3 is 5.97 Å². The molecule has 1 saturated heterocycles. The van der Waals surface area contributed by atoms with Gasteiger partial charge < -0.3 is 9.51 Å². The molecule has 1 fully saturated rings. The number of pyridine rings is 1. The van der Waals surface area contributed by atoms with Crippen molar-refractivity contribution in [2.75, 3.05) is 5.75 Å². The van der Waals surface area contributed by atoms with Crippen molar-refractivity contribution in [1.29, 1.82) is 0 Å². The molecule has 1 N–H and O–H groups in total. The quantitative estimate of drug-likeness (QED) is 0.904. The zero-order valence-corrected chi connectivity index (χ0v) is 10.7. The SMILES string of the molecule is O=C(O)c1cccn2c(C3CCCCS3)ncc12. The van der Waals surface area contributed by atoms with Gasteiger partial charge in [-0.15, -0.1) is 0 Å². The third-order valence-electron chi connectivity index (χ3n) is 3.30. The van der Waals surface area contributed by atoms with Crippen molar-refractivity contribution >= 4 is 23.2 Å². The Morgan fingerprint density at radius 3 is 3.11 bits per heavy atom. The Morgan fingerprint density at radius 2 is 2.39 bits per heavy atom. The number of carboxylic acid groups (broad SMARTS) is 1. The van der Waals surface area contributed by atoms with Crippen molar-refractivity contribution in [2.24, 2.45) is 0 Å². The van der Waals surface area contributed by atoms with Crippen molar-refractivity contribution in [3.63, 3.8) is 0 Å². The van der Waals surface area contributed by atoms with Crippen LogP contribution in [0.15, 0.2) is 24.5 Å². The van der Waals surface area contributed by atoms with Crippen LogP contribution in [0.25, 0.3) is 5.52 Å². The lowest BCUT2D eigenvalue weighted by Gasteiger charge is -2.20. The summed E-state index contributed by atoms with van der Waals surface area (Å²) in [7, 11) is 0. The number of hydrogen-bond acceptors (Lipinski definition) is 3.